The van der Waals surface area contributed by atoms with Gasteiger partial charge in [0.25, 0.3) is 0 Å². The van der Waals surface area contributed by atoms with Gasteiger partial charge in [-0.05, 0) is 38.6 Å². The minimum atomic E-state index is -0.0661. The molecule has 5 heteroatoms. The summed E-state index contributed by atoms with van der Waals surface area (Å²) in [6, 6.07) is 0.276. The van der Waals surface area contributed by atoms with Crippen LogP contribution in [0.1, 0.15) is 32.1 Å². The normalized spacial score (nSPS) is 34.6. The zero-order chi connectivity index (χ0) is 13.2. The number of hydrogen-bond acceptors (Lipinski definition) is 4. The molecule has 0 spiro atoms. The first-order chi connectivity index (χ1) is 9.31. The number of likely N-dealkylation sites (N-methyl/N-ethyl adjacent to an activating group) is 1. The number of carbonyl (C=O) groups is 1. The Kier molecular flexibility index (Phi) is 3.55. The topological polar surface area (TPSA) is 56.7 Å². The van der Waals surface area contributed by atoms with Gasteiger partial charge in [0.05, 0.1) is 6.04 Å². The maximum absolute atomic E-state index is 12.7. The second-order valence-corrected chi connectivity index (χ2v) is 5.61. The van der Waals surface area contributed by atoms with Gasteiger partial charge >= 0.3 is 0 Å². The summed E-state index contributed by atoms with van der Waals surface area (Å²) in [5.41, 5.74) is 0. The lowest BCUT2D eigenvalue weighted by atomic mass is 9.97. The summed E-state index contributed by atoms with van der Waals surface area (Å²) in [5.74, 6) is 1.61. The van der Waals surface area contributed by atoms with E-state index >= 15 is 0 Å². The number of likely N-dealkylation sites (tertiary alicyclic amines) is 1. The Hall–Kier alpha value is -1.36. The number of aliphatic imine (C=N–C) groups is 1. The van der Waals surface area contributed by atoms with Crippen LogP contribution < -0.4 is 10.6 Å². The molecule has 1 saturated carbocycles. The van der Waals surface area contributed by atoms with Crippen LogP contribution in [0, 0.1) is 5.92 Å². The second kappa shape index (κ2) is 5.33. The van der Waals surface area contributed by atoms with Crippen molar-refractivity contribution in [1.82, 2.24) is 15.5 Å². The van der Waals surface area contributed by atoms with Crippen LogP contribution >= 0.6 is 0 Å². The van der Waals surface area contributed by atoms with Crippen molar-refractivity contribution in [2.75, 3.05) is 13.6 Å². The number of fused-ring (bicyclic) bond motifs is 1. The Morgan fingerprint density at radius 1 is 1.37 bits per heavy atom. The first-order valence-electron chi connectivity index (χ1n) is 7.27. The van der Waals surface area contributed by atoms with Crippen molar-refractivity contribution in [2.24, 2.45) is 10.9 Å². The van der Waals surface area contributed by atoms with Gasteiger partial charge < -0.3 is 10.6 Å². The van der Waals surface area contributed by atoms with Crippen molar-refractivity contribution in [3.8, 4) is 0 Å². The molecular formula is C14H22N4O. The standard InChI is InChI=1S/C14H22N4O/c1-15-11-6-5-10-3-2-4-12(10)18(14(11)19)13-9-16-7-8-17-13/h8-12,15-16H,2-7H2,1H3. The van der Waals surface area contributed by atoms with Gasteiger partial charge in [0.1, 0.15) is 0 Å². The number of nitrogens with zero attached hydrogens (tertiary/aromatic N) is 2. The smallest absolute Gasteiger partial charge is 0.245 e. The van der Waals surface area contributed by atoms with Gasteiger partial charge in [-0.25, -0.2) is 4.99 Å². The largest absolute Gasteiger partial charge is 0.383 e. The van der Waals surface area contributed by atoms with Crippen molar-refractivity contribution < 1.29 is 4.79 Å². The molecule has 5 nitrogen and oxygen atoms in total. The monoisotopic (exact) mass is 262 g/mol. The lowest BCUT2D eigenvalue weighted by Crippen LogP contribution is -2.48. The van der Waals surface area contributed by atoms with Crippen LogP contribution in [-0.2, 0) is 4.79 Å². The van der Waals surface area contributed by atoms with Crippen LogP contribution in [0.15, 0.2) is 17.0 Å². The van der Waals surface area contributed by atoms with E-state index in [9.17, 15) is 4.79 Å². The van der Waals surface area contributed by atoms with E-state index in [2.05, 4.69) is 15.6 Å². The van der Waals surface area contributed by atoms with E-state index in [0.29, 0.717) is 12.0 Å². The van der Waals surface area contributed by atoms with Crippen LogP contribution in [0.5, 0.6) is 0 Å². The van der Waals surface area contributed by atoms with Crippen LogP contribution in [0.2, 0.25) is 0 Å². The fourth-order valence-electron chi connectivity index (χ4n) is 3.59. The number of hydrogen-bond donors (Lipinski definition) is 2. The predicted octanol–water partition coefficient (Wildman–Crippen LogP) is 0.838. The third-order valence-electron chi connectivity index (χ3n) is 4.57. The van der Waals surface area contributed by atoms with Gasteiger partial charge in [-0.15, -0.1) is 0 Å². The predicted molar refractivity (Wildman–Crippen MR) is 74.6 cm³/mol. The number of amides is 1. The summed E-state index contributed by atoms with van der Waals surface area (Å²) in [6.07, 6.45) is 9.39. The Morgan fingerprint density at radius 2 is 2.26 bits per heavy atom. The van der Waals surface area contributed by atoms with Crippen LogP contribution in [0.25, 0.3) is 0 Å². The molecule has 0 radical (unpaired) electrons. The molecule has 0 aromatic rings. The summed E-state index contributed by atoms with van der Waals surface area (Å²) >= 11 is 0. The van der Waals surface area contributed by atoms with E-state index in [1.807, 2.05) is 24.4 Å². The molecule has 0 aromatic heterocycles. The molecule has 0 bridgehead atoms. The molecule has 2 fully saturated rings. The van der Waals surface area contributed by atoms with E-state index in [-0.39, 0.29) is 11.9 Å². The minimum Gasteiger partial charge on any atom is -0.383 e. The van der Waals surface area contributed by atoms with E-state index < -0.39 is 0 Å². The van der Waals surface area contributed by atoms with E-state index in [4.69, 9.17) is 0 Å². The van der Waals surface area contributed by atoms with Gasteiger partial charge in [0.15, 0.2) is 5.82 Å². The summed E-state index contributed by atoms with van der Waals surface area (Å²) in [6.45, 7) is 0.745. The van der Waals surface area contributed by atoms with Crippen molar-refractivity contribution >= 4 is 12.1 Å². The molecule has 2 N–H and O–H groups in total. The zero-order valence-electron chi connectivity index (χ0n) is 11.4. The SMILES string of the molecule is CNC1CCC2CCCC2N(C2=CNCC=N2)C1=O. The molecule has 1 saturated heterocycles. The molecule has 2 heterocycles. The first kappa shape index (κ1) is 12.7. The summed E-state index contributed by atoms with van der Waals surface area (Å²) in [4.78, 5) is 19.1. The molecule has 3 unspecified atom stereocenters. The van der Waals surface area contributed by atoms with Crippen molar-refractivity contribution in [1.29, 1.82) is 0 Å². The fraction of sp³-hybridized carbons (Fsp3) is 0.714. The lowest BCUT2D eigenvalue weighted by Gasteiger charge is -2.32. The van der Waals surface area contributed by atoms with E-state index in [0.717, 1.165) is 31.6 Å². The highest BCUT2D eigenvalue weighted by molar-refractivity contribution is 5.84. The highest BCUT2D eigenvalue weighted by atomic mass is 16.2. The lowest BCUT2D eigenvalue weighted by molar-refractivity contribution is -0.133. The Balaban J connectivity index is 1.92. The van der Waals surface area contributed by atoms with E-state index in [1.165, 1.54) is 12.8 Å². The highest BCUT2D eigenvalue weighted by Gasteiger charge is 2.41. The van der Waals surface area contributed by atoms with Gasteiger partial charge in [-0.2, -0.15) is 0 Å². The quantitative estimate of drug-likeness (QED) is 0.775. The maximum atomic E-state index is 12.7. The van der Waals surface area contributed by atoms with Crippen LogP contribution in [-0.4, -0.2) is 42.7 Å². The first-order valence-corrected chi connectivity index (χ1v) is 7.27. The summed E-state index contributed by atoms with van der Waals surface area (Å²) in [7, 11) is 1.87. The number of rotatable bonds is 2. The third-order valence-corrected chi connectivity index (χ3v) is 4.57. The highest BCUT2D eigenvalue weighted by Crippen LogP contribution is 2.38. The number of carbonyl (C=O) groups excluding carboxylic acids is 1. The molecule has 3 atom stereocenters. The molecule has 104 valence electrons. The molecular weight excluding hydrogens is 240 g/mol. The van der Waals surface area contributed by atoms with E-state index in [1.54, 1.807) is 0 Å². The van der Waals surface area contributed by atoms with Gasteiger partial charge in [0.2, 0.25) is 5.91 Å². The summed E-state index contributed by atoms with van der Waals surface area (Å²) in [5, 5.41) is 6.32. The molecule has 1 amide bonds. The molecule has 3 aliphatic rings. The zero-order valence-corrected chi connectivity index (χ0v) is 11.4. The molecule has 19 heavy (non-hydrogen) atoms. The average Bonchev–Trinajstić information content (AvgIpc) is 2.84. The fourth-order valence-corrected chi connectivity index (χ4v) is 3.59. The molecule has 0 aromatic carbocycles. The van der Waals surface area contributed by atoms with Crippen molar-refractivity contribution in [3.05, 3.63) is 12.0 Å². The average molecular weight is 262 g/mol. The van der Waals surface area contributed by atoms with Gasteiger partial charge in [0, 0.05) is 25.0 Å². The number of nitrogens with one attached hydrogen (secondary N) is 2. The maximum Gasteiger partial charge on any atom is 0.245 e. The van der Waals surface area contributed by atoms with Gasteiger partial charge in [-0.3, -0.25) is 9.69 Å². The van der Waals surface area contributed by atoms with Crippen molar-refractivity contribution in [3.63, 3.8) is 0 Å². The Bertz CT molecular complexity index is 418. The molecule has 3 rings (SSSR count). The van der Waals surface area contributed by atoms with Crippen molar-refractivity contribution in [2.45, 2.75) is 44.2 Å². The Morgan fingerprint density at radius 3 is 3.00 bits per heavy atom. The third kappa shape index (κ3) is 2.27. The Labute approximate surface area is 114 Å². The van der Waals surface area contributed by atoms with Crippen LogP contribution in [0.3, 0.4) is 0 Å². The second-order valence-electron chi connectivity index (χ2n) is 5.61. The van der Waals surface area contributed by atoms with Gasteiger partial charge in [-0.1, -0.05) is 6.42 Å². The molecule has 2 aliphatic heterocycles. The summed E-state index contributed by atoms with van der Waals surface area (Å²) < 4.78 is 0. The molecule has 1 aliphatic carbocycles. The van der Waals surface area contributed by atoms with Crippen LogP contribution in [0.4, 0.5) is 0 Å². The minimum absolute atomic E-state index is 0.0661.